The number of nitrogens with one attached hydrogen (secondary N) is 1. The Morgan fingerprint density at radius 2 is 1.90 bits per heavy atom. The Labute approximate surface area is 116 Å². The molecule has 0 fully saturated rings. The van der Waals surface area contributed by atoms with E-state index in [0.29, 0.717) is 11.5 Å². The summed E-state index contributed by atoms with van der Waals surface area (Å²) in [5, 5.41) is 14.0. The molecule has 1 unspecified atom stereocenters. The van der Waals surface area contributed by atoms with Gasteiger partial charge in [-0.25, -0.2) is 0 Å². The van der Waals surface area contributed by atoms with E-state index >= 15 is 0 Å². The highest BCUT2D eigenvalue weighted by molar-refractivity contribution is 5.95. The molecule has 5 nitrogen and oxygen atoms in total. The molecule has 5 heteroatoms. The predicted molar refractivity (Wildman–Crippen MR) is 74.6 cm³/mol. The van der Waals surface area contributed by atoms with Gasteiger partial charge in [0, 0.05) is 5.56 Å². The number of nitrogens with zero attached hydrogens (tertiary/aromatic N) is 1. The highest BCUT2D eigenvalue weighted by Gasteiger charge is 2.24. The molecule has 0 radical (unpaired) electrons. The Balaban J connectivity index is 1.77. The molecule has 1 atom stereocenters. The van der Waals surface area contributed by atoms with Gasteiger partial charge in [0.1, 0.15) is 11.5 Å². The summed E-state index contributed by atoms with van der Waals surface area (Å²) in [6, 6.07) is 14.4. The lowest BCUT2D eigenvalue weighted by atomic mass is 10.2. The van der Waals surface area contributed by atoms with Crippen LogP contribution in [0.1, 0.15) is 17.4 Å². The van der Waals surface area contributed by atoms with Crippen molar-refractivity contribution in [2.45, 2.75) is 6.23 Å². The van der Waals surface area contributed by atoms with E-state index in [1.54, 1.807) is 25.3 Å². The molecule has 0 amide bonds. The van der Waals surface area contributed by atoms with Crippen LogP contribution >= 0.6 is 0 Å². The Morgan fingerprint density at radius 1 is 1.15 bits per heavy atom. The van der Waals surface area contributed by atoms with Gasteiger partial charge in [0.15, 0.2) is 0 Å². The first-order valence-corrected chi connectivity index (χ1v) is 6.20. The van der Waals surface area contributed by atoms with Crippen molar-refractivity contribution in [1.29, 1.82) is 0 Å². The third-order valence-electron chi connectivity index (χ3n) is 3.07. The molecule has 0 saturated heterocycles. The number of phenolic OH excluding ortho intramolecular Hbond substituents is 1. The van der Waals surface area contributed by atoms with Gasteiger partial charge in [-0.3, -0.25) is 5.43 Å². The molecule has 2 aromatic carbocycles. The van der Waals surface area contributed by atoms with Crippen LogP contribution in [0.2, 0.25) is 0 Å². The average Bonchev–Trinajstić information content (AvgIpc) is 2.97. The SMILES string of the molecule is COc1ccc(C2=NNC(c3ccccc3O)O2)cc1. The van der Waals surface area contributed by atoms with Gasteiger partial charge < -0.3 is 14.6 Å². The molecule has 1 aliphatic heterocycles. The summed E-state index contributed by atoms with van der Waals surface area (Å²) in [6.07, 6.45) is -0.478. The summed E-state index contributed by atoms with van der Waals surface area (Å²) in [7, 11) is 1.62. The van der Waals surface area contributed by atoms with Crippen LogP contribution in [-0.2, 0) is 4.74 Å². The largest absolute Gasteiger partial charge is 0.507 e. The Hall–Kier alpha value is -2.69. The minimum Gasteiger partial charge on any atom is -0.507 e. The van der Waals surface area contributed by atoms with Crippen LogP contribution in [0.25, 0.3) is 0 Å². The van der Waals surface area contributed by atoms with Crippen molar-refractivity contribution in [3.05, 3.63) is 59.7 Å². The summed E-state index contributed by atoms with van der Waals surface area (Å²) < 4.78 is 10.8. The van der Waals surface area contributed by atoms with Crippen molar-refractivity contribution in [3.8, 4) is 11.5 Å². The van der Waals surface area contributed by atoms with Gasteiger partial charge in [0.25, 0.3) is 0 Å². The van der Waals surface area contributed by atoms with Gasteiger partial charge in [-0.1, -0.05) is 12.1 Å². The summed E-state index contributed by atoms with van der Waals surface area (Å²) >= 11 is 0. The number of ether oxygens (including phenoxy) is 2. The number of benzene rings is 2. The van der Waals surface area contributed by atoms with Gasteiger partial charge in [0.05, 0.1) is 12.7 Å². The first-order chi connectivity index (χ1) is 9.78. The second-order valence-electron chi connectivity index (χ2n) is 4.33. The second-order valence-corrected chi connectivity index (χ2v) is 4.33. The molecular formula is C15H14N2O3. The number of methoxy groups -OCH3 is 1. The van der Waals surface area contributed by atoms with Crippen LogP contribution in [0.3, 0.4) is 0 Å². The Kier molecular flexibility index (Phi) is 3.16. The molecule has 0 spiro atoms. The molecule has 1 heterocycles. The van der Waals surface area contributed by atoms with Crippen LogP contribution in [0.5, 0.6) is 11.5 Å². The second kappa shape index (κ2) is 5.13. The lowest BCUT2D eigenvalue weighted by molar-refractivity contribution is 0.187. The summed E-state index contributed by atoms with van der Waals surface area (Å²) in [5.74, 6) is 1.44. The maximum Gasteiger partial charge on any atom is 0.240 e. The topological polar surface area (TPSA) is 63.1 Å². The van der Waals surface area contributed by atoms with Gasteiger partial charge in [0.2, 0.25) is 12.1 Å². The zero-order valence-electron chi connectivity index (χ0n) is 10.9. The fourth-order valence-corrected chi connectivity index (χ4v) is 1.99. The van der Waals surface area contributed by atoms with E-state index in [1.165, 1.54) is 0 Å². The Bertz CT molecular complexity index is 638. The zero-order chi connectivity index (χ0) is 13.9. The number of hydrogen-bond donors (Lipinski definition) is 2. The third kappa shape index (κ3) is 2.25. The van der Waals surface area contributed by atoms with Crippen LogP contribution in [-0.4, -0.2) is 18.1 Å². The van der Waals surface area contributed by atoms with Crippen molar-refractivity contribution in [1.82, 2.24) is 5.43 Å². The maximum atomic E-state index is 9.81. The number of rotatable bonds is 3. The predicted octanol–water partition coefficient (Wildman–Crippen LogP) is 2.38. The summed E-state index contributed by atoms with van der Waals surface area (Å²) in [6.45, 7) is 0. The number of aromatic hydroxyl groups is 1. The fourth-order valence-electron chi connectivity index (χ4n) is 1.99. The lowest BCUT2D eigenvalue weighted by Crippen LogP contribution is -2.12. The molecule has 0 saturated carbocycles. The molecule has 2 N–H and O–H groups in total. The highest BCUT2D eigenvalue weighted by atomic mass is 16.5. The molecule has 102 valence electrons. The van der Waals surface area contributed by atoms with Crippen LogP contribution in [0.15, 0.2) is 53.6 Å². The third-order valence-corrected chi connectivity index (χ3v) is 3.07. The van der Waals surface area contributed by atoms with E-state index in [9.17, 15) is 5.11 Å². The van der Waals surface area contributed by atoms with Crippen LogP contribution < -0.4 is 10.2 Å². The first kappa shape index (κ1) is 12.3. The monoisotopic (exact) mass is 270 g/mol. The molecule has 3 rings (SSSR count). The molecule has 0 aliphatic carbocycles. The zero-order valence-corrected chi connectivity index (χ0v) is 10.9. The van der Waals surface area contributed by atoms with Crippen molar-refractivity contribution in [2.75, 3.05) is 7.11 Å². The molecule has 1 aliphatic rings. The average molecular weight is 270 g/mol. The molecule has 0 bridgehead atoms. The van der Waals surface area contributed by atoms with E-state index in [0.717, 1.165) is 11.3 Å². The first-order valence-electron chi connectivity index (χ1n) is 6.20. The molecule has 0 aromatic heterocycles. The smallest absolute Gasteiger partial charge is 0.240 e. The lowest BCUT2D eigenvalue weighted by Gasteiger charge is -2.12. The minimum atomic E-state index is -0.478. The summed E-state index contributed by atoms with van der Waals surface area (Å²) in [4.78, 5) is 0. The molecule has 2 aromatic rings. The van der Waals surface area contributed by atoms with Gasteiger partial charge >= 0.3 is 0 Å². The van der Waals surface area contributed by atoms with Gasteiger partial charge in [-0.15, -0.1) is 5.10 Å². The number of hydrogen-bond acceptors (Lipinski definition) is 5. The highest BCUT2D eigenvalue weighted by Crippen LogP contribution is 2.28. The van der Waals surface area contributed by atoms with E-state index in [2.05, 4.69) is 10.5 Å². The molecule has 20 heavy (non-hydrogen) atoms. The van der Waals surface area contributed by atoms with Crippen molar-refractivity contribution in [3.63, 3.8) is 0 Å². The van der Waals surface area contributed by atoms with E-state index in [4.69, 9.17) is 9.47 Å². The van der Waals surface area contributed by atoms with Crippen molar-refractivity contribution >= 4 is 5.90 Å². The number of phenols is 1. The van der Waals surface area contributed by atoms with E-state index < -0.39 is 6.23 Å². The Morgan fingerprint density at radius 3 is 2.60 bits per heavy atom. The molecular weight excluding hydrogens is 256 g/mol. The van der Waals surface area contributed by atoms with E-state index in [-0.39, 0.29) is 5.75 Å². The summed E-state index contributed by atoms with van der Waals surface area (Å²) in [5.41, 5.74) is 4.36. The fraction of sp³-hybridized carbons (Fsp3) is 0.133. The van der Waals surface area contributed by atoms with Crippen molar-refractivity contribution in [2.24, 2.45) is 5.10 Å². The van der Waals surface area contributed by atoms with Crippen LogP contribution in [0.4, 0.5) is 0 Å². The van der Waals surface area contributed by atoms with Gasteiger partial charge in [-0.05, 0) is 36.4 Å². The normalized spacial score (nSPS) is 17.1. The minimum absolute atomic E-state index is 0.177. The standard InChI is InChI=1S/C15H14N2O3/c1-19-11-8-6-10(7-9-11)14-16-17-15(20-14)12-4-2-3-5-13(12)18/h2-9,15,17-18H,1H3. The maximum absolute atomic E-state index is 9.81. The quantitative estimate of drug-likeness (QED) is 0.899. The van der Waals surface area contributed by atoms with Gasteiger partial charge in [-0.2, -0.15) is 0 Å². The van der Waals surface area contributed by atoms with Crippen LogP contribution in [0, 0.1) is 0 Å². The number of para-hydroxylation sites is 1. The van der Waals surface area contributed by atoms with E-state index in [1.807, 2.05) is 30.3 Å². The number of hydrazone groups is 1. The van der Waals surface area contributed by atoms with Crippen molar-refractivity contribution < 1.29 is 14.6 Å².